The highest BCUT2D eigenvalue weighted by Gasteiger charge is 2.15. The van der Waals surface area contributed by atoms with Gasteiger partial charge in [-0.1, -0.05) is 17.3 Å². The smallest absolute Gasteiger partial charge is 0.249 e. The van der Waals surface area contributed by atoms with Crippen LogP contribution in [0.1, 0.15) is 26.5 Å². The van der Waals surface area contributed by atoms with Crippen LogP contribution in [-0.2, 0) is 16.1 Å². The number of para-hydroxylation sites is 1. The van der Waals surface area contributed by atoms with E-state index in [1.165, 1.54) is 0 Å². The standard InChI is InChI=1S/C13H16N2O3/c1-13(2,3)18-15-12(16)8-10-9-6-4-5-7-11(9)17-14-10/h4-7H,8H2,1-3H3,(H,15,16). The van der Waals surface area contributed by atoms with E-state index in [1.807, 2.05) is 45.0 Å². The summed E-state index contributed by atoms with van der Waals surface area (Å²) in [6.07, 6.45) is 0.132. The minimum Gasteiger partial charge on any atom is -0.356 e. The molecule has 0 saturated heterocycles. The molecule has 0 atom stereocenters. The monoisotopic (exact) mass is 248 g/mol. The SMILES string of the molecule is CC(C)(C)ONC(=O)Cc1noc2ccccc12. The Labute approximate surface area is 105 Å². The average molecular weight is 248 g/mol. The number of aromatic nitrogens is 1. The fraction of sp³-hybridized carbons (Fsp3) is 0.385. The number of nitrogens with one attached hydrogen (secondary N) is 1. The molecule has 0 fully saturated rings. The maximum Gasteiger partial charge on any atom is 0.249 e. The second-order valence-corrected chi connectivity index (χ2v) is 5.04. The first-order valence-electron chi connectivity index (χ1n) is 5.76. The number of benzene rings is 1. The van der Waals surface area contributed by atoms with Crippen LogP contribution in [0, 0.1) is 0 Å². The summed E-state index contributed by atoms with van der Waals surface area (Å²) in [7, 11) is 0. The van der Waals surface area contributed by atoms with E-state index in [0.717, 1.165) is 5.39 Å². The lowest BCUT2D eigenvalue weighted by atomic mass is 10.2. The van der Waals surface area contributed by atoms with Gasteiger partial charge in [0.15, 0.2) is 5.58 Å². The van der Waals surface area contributed by atoms with E-state index in [0.29, 0.717) is 11.3 Å². The Morgan fingerprint density at radius 2 is 2.11 bits per heavy atom. The molecule has 18 heavy (non-hydrogen) atoms. The van der Waals surface area contributed by atoms with E-state index in [4.69, 9.17) is 9.36 Å². The van der Waals surface area contributed by atoms with Crippen LogP contribution in [-0.4, -0.2) is 16.7 Å². The number of rotatable bonds is 3. The molecular formula is C13H16N2O3. The van der Waals surface area contributed by atoms with Crippen molar-refractivity contribution in [3.63, 3.8) is 0 Å². The number of hydroxylamine groups is 1. The predicted molar refractivity (Wildman–Crippen MR) is 66.7 cm³/mol. The third-order valence-corrected chi connectivity index (χ3v) is 2.25. The van der Waals surface area contributed by atoms with Crippen molar-refractivity contribution < 1.29 is 14.2 Å². The number of carbonyl (C=O) groups is 1. The number of fused-ring (bicyclic) bond motifs is 1. The molecule has 2 rings (SSSR count). The maximum atomic E-state index is 11.7. The van der Waals surface area contributed by atoms with Crippen LogP contribution in [0.4, 0.5) is 0 Å². The maximum absolute atomic E-state index is 11.7. The Morgan fingerprint density at radius 1 is 1.39 bits per heavy atom. The molecule has 0 aliphatic heterocycles. The van der Waals surface area contributed by atoms with Crippen LogP contribution < -0.4 is 5.48 Å². The second-order valence-electron chi connectivity index (χ2n) is 5.04. The highest BCUT2D eigenvalue weighted by molar-refractivity contribution is 5.85. The highest BCUT2D eigenvalue weighted by atomic mass is 16.7. The van der Waals surface area contributed by atoms with E-state index >= 15 is 0 Å². The molecule has 0 saturated carbocycles. The summed E-state index contributed by atoms with van der Waals surface area (Å²) in [4.78, 5) is 16.9. The number of hydrogen-bond donors (Lipinski definition) is 1. The third-order valence-electron chi connectivity index (χ3n) is 2.25. The normalized spacial score (nSPS) is 11.7. The van der Waals surface area contributed by atoms with Gasteiger partial charge in [0, 0.05) is 5.39 Å². The molecule has 1 aromatic heterocycles. The van der Waals surface area contributed by atoms with Crippen molar-refractivity contribution in [1.29, 1.82) is 0 Å². The van der Waals surface area contributed by atoms with Gasteiger partial charge in [-0.3, -0.25) is 9.63 Å². The van der Waals surface area contributed by atoms with Crippen LogP contribution in [0.25, 0.3) is 11.0 Å². The molecule has 0 bridgehead atoms. The summed E-state index contributed by atoms with van der Waals surface area (Å²) in [5, 5.41) is 4.74. The number of carbonyl (C=O) groups excluding carboxylic acids is 1. The average Bonchev–Trinajstić information content (AvgIpc) is 2.70. The Kier molecular flexibility index (Phi) is 3.34. The number of amides is 1. The fourth-order valence-electron chi connectivity index (χ4n) is 1.46. The first-order chi connectivity index (χ1) is 8.46. The van der Waals surface area contributed by atoms with Crippen LogP contribution >= 0.6 is 0 Å². The van der Waals surface area contributed by atoms with Gasteiger partial charge in [0.25, 0.3) is 0 Å². The summed E-state index contributed by atoms with van der Waals surface area (Å²) in [5.74, 6) is -0.246. The third kappa shape index (κ3) is 3.07. The summed E-state index contributed by atoms with van der Waals surface area (Å²) in [6, 6.07) is 7.43. The van der Waals surface area contributed by atoms with Gasteiger partial charge in [0.1, 0.15) is 5.69 Å². The van der Waals surface area contributed by atoms with E-state index in [-0.39, 0.29) is 12.3 Å². The van der Waals surface area contributed by atoms with Crippen molar-refractivity contribution in [3.05, 3.63) is 30.0 Å². The van der Waals surface area contributed by atoms with Crippen LogP contribution in [0.5, 0.6) is 0 Å². The van der Waals surface area contributed by atoms with Crippen LogP contribution in [0.2, 0.25) is 0 Å². The minimum atomic E-state index is -0.415. The van der Waals surface area contributed by atoms with Gasteiger partial charge in [-0.15, -0.1) is 0 Å². The molecule has 0 radical (unpaired) electrons. The molecule has 0 unspecified atom stereocenters. The quantitative estimate of drug-likeness (QED) is 0.846. The summed E-state index contributed by atoms with van der Waals surface area (Å²) >= 11 is 0. The highest BCUT2D eigenvalue weighted by Crippen LogP contribution is 2.18. The first kappa shape index (κ1) is 12.6. The topological polar surface area (TPSA) is 64.4 Å². The Bertz CT molecular complexity index is 555. The molecule has 96 valence electrons. The summed E-state index contributed by atoms with van der Waals surface area (Å²) < 4.78 is 5.12. The predicted octanol–water partition coefficient (Wildman–Crippen LogP) is 2.22. The lowest BCUT2D eigenvalue weighted by Crippen LogP contribution is -2.34. The van der Waals surface area contributed by atoms with Crippen molar-refractivity contribution in [2.75, 3.05) is 0 Å². The van der Waals surface area contributed by atoms with Gasteiger partial charge >= 0.3 is 0 Å². The van der Waals surface area contributed by atoms with E-state index in [1.54, 1.807) is 0 Å². The van der Waals surface area contributed by atoms with Gasteiger partial charge in [0.2, 0.25) is 5.91 Å². The molecule has 1 heterocycles. The van der Waals surface area contributed by atoms with Crippen molar-refractivity contribution in [2.24, 2.45) is 0 Å². The Morgan fingerprint density at radius 3 is 2.83 bits per heavy atom. The molecule has 0 aliphatic carbocycles. The molecule has 5 nitrogen and oxygen atoms in total. The first-order valence-corrected chi connectivity index (χ1v) is 5.76. The summed E-state index contributed by atoms with van der Waals surface area (Å²) in [5.41, 5.74) is 3.28. The van der Waals surface area contributed by atoms with E-state index in [2.05, 4.69) is 10.6 Å². The molecule has 1 amide bonds. The molecule has 1 N–H and O–H groups in total. The molecule has 5 heteroatoms. The summed E-state index contributed by atoms with van der Waals surface area (Å²) in [6.45, 7) is 5.58. The minimum absolute atomic E-state index is 0.132. The van der Waals surface area contributed by atoms with Crippen molar-refractivity contribution >= 4 is 16.9 Å². The van der Waals surface area contributed by atoms with Crippen molar-refractivity contribution in [2.45, 2.75) is 32.8 Å². The second kappa shape index (κ2) is 4.78. The fourth-order valence-corrected chi connectivity index (χ4v) is 1.46. The van der Waals surface area contributed by atoms with Crippen LogP contribution in [0.3, 0.4) is 0 Å². The van der Waals surface area contributed by atoms with Crippen LogP contribution in [0.15, 0.2) is 28.8 Å². The zero-order valence-corrected chi connectivity index (χ0v) is 10.7. The molecule has 1 aromatic carbocycles. The number of nitrogens with zero attached hydrogens (tertiary/aromatic N) is 1. The lowest BCUT2D eigenvalue weighted by molar-refractivity contribution is -0.144. The Balaban J connectivity index is 2.03. The van der Waals surface area contributed by atoms with Crippen molar-refractivity contribution in [3.8, 4) is 0 Å². The molecule has 2 aromatic rings. The van der Waals surface area contributed by atoms with E-state index < -0.39 is 5.60 Å². The Hall–Kier alpha value is -1.88. The number of hydrogen-bond acceptors (Lipinski definition) is 4. The molecule has 0 spiro atoms. The molecular weight excluding hydrogens is 232 g/mol. The van der Waals surface area contributed by atoms with Gasteiger partial charge < -0.3 is 4.52 Å². The van der Waals surface area contributed by atoms with Gasteiger partial charge in [-0.2, -0.15) is 0 Å². The van der Waals surface area contributed by atoms with Gasteiger partial charge in [0.05, 0.1) is 12.0 Å². The van der Waals surface area contributed by atoms with Crippen molar-refractivity contribution in [1.82, 2.24) is 10.6 Å². The molecule has 0 aliphatic rings. The van der Waals surface area contributed by atoms with Gasteiger partial charge in [-0.05, 0) is 32.9 Å². The zero-order chi connectivity index (χ0) is 13.2. The van der Waals surface area contributed by atoms with E-state index in [9.17, 15) is 4.79 Å². The van der Waals surface area contributed by atoms with Gasteiger partial charge in [-0.25, -0.2) is 5.48 Å². The zero-order valence-electron chi connectivity index (χ0n) is 10.7. The largest absolute Gasteiger partial charge is 0.356 e. The lowest BCUT2D eigenvalue weighted by Gasteiger charge is -2.18.